The molecule has 1 N–H and O–H groups in total. The molecule has 1 saturated carbocycles. The lowest BCUT2D eigenvalue weighted by Crippen LogP contribution is -2.45. The van der Waals surface area contributed by atoms with Gasteiger partial charge in [0.2, 0.25) is 5.91 Å². The average molecular weight is 351 g/mol. The molecule has 0 aromatic rings. The van der Waals surface area contributed by atoms with Crippen LogP contribution in [0.15, 0.2) is 0 Å². The van der Waals surface area contributed by atoms with Crippen molar-refractivity contribution in [3.8, 4) is 0 Å². The lowest BCUT2D eigenvalue weighted by molar-refractivity contribution is -0.146. The van der Waals surface area contributed by atoms with Crippen LogP contribution in [0, 0.1) is 29.6 Å². The summed E-state index contributed by atoms with van der Waals surface area (Å²) in [6.07, 6.45) is 6.65. The first kappa shape index (κ1) is 18.7. The Kier molecular flexibility index (Phi) is 6.03. The summed E-state index contributed by atoms with van der Waals surface area (Å²) in [7, 11) is 0. The van der Waals surface area contributed by atoms with Crippen molar-refractivity contribution in [3.63, 3.8) is 0 Å². The first-order valence-electron chi connectivity index (χ1n) is 10.1. The zero-order chi connectivity index (χ0) is 18.0. The molecule has 1 amide bonds. The summed E-state index contributed by atoms with van der Waals surface area (Å²) in [6, 6.07) is 0. The van der Waals surface area contributed by atoms with E-state index in [2.05, 4.69) is 13.8 Å². The maximum atomic E-state index is 12.8. The predicted octanol–water partition coefficient (Wildman–Crippen LogP) is 3.18. The third-order valence-corrected chi connectivity index (χ3v) is 6.83. The Morgan fingerprint density at radius 3 is 2.20 bits per heavy atom. The minimum atomic E-state index is -0.733. The van der Waals surface area contributed by atoms with E-state index in [1.54, 1.807) is 0 Å². The minimum Gasteiger partial charge on any atom is -0.481 e. The lowest BCUT2D eigenvalue weighted by Gasteiger charge is -2.38. The summed E-state index contributed by atoms with van der Waals surface area (Å²) in [5, 5.41) is 9.34. The highest BCUT2D eigenvalue weighted by Gasteiger charge is 2.41. The van der Waals surface area contributed by atoms with Crippen molar-refractivity contribution < 1.29 is 19.4 Å². The number of carboxylic acid groups (broad SMARTS) is 1. The van der Waals surface area contributed by atoms with Crippen molar-refractivity contribution in [1.82, 2.24) is 4.90 Å². The van der Waals surface area contributed by atoms with Crippen LogP contribution in [0.3, 0.4) is 0 Å². The topological polar surface area (TPSA) is 66.8 Å². The van der Waals surface area contributed by atoms with Gasteiger partial charge in [-0.15, -0.1) is 0 Å². The highest BCUT2D eigenvalue weighted by molar-refractivity contribution is 5.79. The summed E-state index contributed by atoms with van der Waals surface area (Å²) < 4.78 is 5.73. The van der Waals surface area contributed by atoms with Gasteiger partial charge < -0.3 is 14.7 Å². The number of hydrogen-bond donors (Lipinski definition) is 1. The molecule has 2 atom stereocenters. The molecule has 3 rings (SSSR count). The summed E-state index contributed by atoms with van der Waals surface area (Å²) in [6.45, 7) is 6.65. The van der Waals surface area contributed by atoms with Crippen molar-refractivity contribution in [2.75, 3.05) is 19.7 Å². The lowest BCUT2D eigenvalue weighted by atomic mass is 9.76. The van der Waals surface area contributed by atoms with Crippen LogP contribution in [0.1, 0.15) is 58.8 Å². The van der Waals surface area contributed by atoms with E-state index in [0.29, 0.717) is 18.9 Å². The number of aliphatic carboxylic acids is 1. The monoisotopic (exact) mass is 351 g/mol. The second-order valence-corrected chi connectivity index (χ2v) is 8.59. The Hall–Kier alpha value is -1.10. The third-order valence-electron chi connectivity index (χ3n) is 6.83. The Labute approximate surface area is 151 Å². The molecule has 2 aliphatic heterocycles. The number of carbonyl (C=O) groups excluding carboxylic acids is 1. The molecular weight excluding hydrogens is 318 g/mol. The van der Waals surface area contributed by atoms with Crippen LogP contribution < -0.4 is 0 Å². The van der Waals surface area contributed by atoms with Crippen molar-refractivity contribution in [2.45, 2.75) is 64.9 Å². The van der Waals surface area contributed by atoms with Gasteiger partial charge in [0.15, 0.2) is 0 Å². The number of carboxylic acids is 1. The fourth-order valence-corrected chi connectivity index (χ4v) is 5.08. The van der Waals surface area contributed by atoms with E-state index in [9.17, 15) is 14.7 Å². The Morgan fingerprint density at radius 2 is 1.64 bits per heavy atom. The average Bonchev–Trinajstić information content (AvgIpc) is 3.11. The zero-order valence-electron chi connectivity index (χ0n) is 15.7. The van der Waals surface area contributed by atoms with Gasteiger partial charge in [-0.05, 0) is 62.7 Å². The number of ether oxygens (including phenoxy) is 1. The summed E-state index contributed by atoms with van der Waals surface area (Å²) in [4.78, 5) is 26.2. The van der Waals surface area contributed by atoms with Gasteiger partial charge in [0.1, 0.15) is 0 Å². The van der Waals surface area contributed by atoms with E-state index in [1.165, 1.54) is 12.8 Å². The van der Waals surface area contributed by atoms with Crippen molar-refractivity contribution in [1.29, 1.82) is 0 Å². The largest absolute Gasteiger partial charge is 0.481 e. The zero-order valence-corrected chi connectivity index (χ0v) is 15.7. The predicted molar refractivity (Wildman–Crippen MR) is 95.1 cm³/mol. The van der Waals surface area contributed by atoms with Crippen molar-refractivity contribution in [3.05, 3.63) is 0 Å². The number of nitrogens with zero attached hydrogens (tertiary/aromatic N) is 1. The summed E-state index contributed by atoms with van der Waals surface area (Å²) >= 11 is 0. The highest BCUT2D eigenvalue weighted by Crippen LogP contribution is 2.36. The van der Waals surface area contributed by atoms with Gasteiger partial charge in [-0.25, -0.2) is 0 Å². The highest BCUT2D eigenvalue weighted by atomic mass is 16.5. The first-order chi connectivity index (χ1) is 12.0. The smallest absolute Gasteiger partial charge is 0.309 e. The summed E-state index contributed by atoms with van der Waals surface area (Å²) in [5.41, 5.74) is 0. The molecule has 0 spiro atoms. The molecule has 3 aliphatic rings. The molecule has 25 heavy (non-hydrogen) atoms. The van der Waals surface area contributed by atoms with E-state index < -0.39 is 5.97 Å². The molecule has 3 fully saturated rings. The molecule has 2 saturated heterocycles. The van der Waals surface area contributed by atoms with E-state index in [4.69, 9.17) is 4.74 Å². The van der Waals surface area contributed by atoms with Crippen LogP contribution in [0.4, 0.5) is 0 Å². The van der Waals surface area contributed by atoms with Crippen LogP contribution in [0.5, 0.6) is 0 Å². The van der Waals surface area contributed by atoms with E-state index in [0.717, 1.165) is 50.6 Å². The second-order valence-electron chi connectivity index (χ2n) is 8.59. The molecule has 0 radical (unpaired) electrons. The molecule has 1 aliphatic carbocycles. The maximum Gasteiger partial charge on any atom is 0.309 e. The molecular formula is C20H33NO4. The first-order valence-corrected chi connectivity index (χ1v) is 10.1. The molecule has 5 nitrogen and oxygen atoms in total. The minimum absolute atomic E-state index is 0.156. The molecule has 5 heteroatoms. The third kappa shape index (κ3) is 4.18. The van der Waals surface area contributed by atoms with Crippen LogP contribution in [0.2, 0.25) is 0 Å². The number of hydrogen-bond acceptors (Lipinski definition) is 3. The molecule has 2 heterocycles. The maximum absolute atomic E-state index is 12.8. The van der Waals surface area contributed by atoms with Crippen LogP contribution in [-0.2, 0) is 14.3 Å². The Balaban J connectivity index is 1.47. The van der Waals surface area contributed by atoms with E-state index in [1.807, 2.05) is 4.90 Å². The van der Waals surface area contributed by atoms with Gasteiger partial charge >= 0.3 is 5.97 Å². The molecule has 0 aromatic heterocycles. The fraction of sp³-hybridized carbons (Fsp3) is 0.900. The standard InChI is InChI=1S/C20H33NO4/c1-13(2)14-3-5-16(6-4-14)19(22)21-10-7-15(8-11-21)18-17(20(23)24)9-12-25-18/h13-18H,3-12H2,1-2H3,(H,23,24)/t14?,16?,17?,18-/m0/s1. The van der Waals surface area contributed by atoms with Crippen LogP contribution >= 0.6 is 0 Å². The van der Waals surface area contributed by atoms with Gasteiger partial charge in [-0.2, -0.15) is 0 Å². The number of carbonyl (C=O) groups is 2. The van der Waals surface area contributed by atoms with E-state index >= 15 is 0 Å². The molecule has 1 unspecified atom stereocenters. The number of piperidine rings is 1. The van der Waals surface area contributed by atoms with Crippen molar-refractivity contribution >= 4 is 11.9 Å². The normalized spacial score (nSPS) is 34.4. The fourth-order valence-electron chi connectivity index (χ4n) is 5.08. The molecule has 142 valence electrons. The van der Waals surface area contributed by atoms with Gasteiger partial charge in [0, 0.05) is 25.6 Å². The Morgan fingerprint density at radius 1 is 1.00 bits per heavy atom. The summed E-state index contributed by atoms with van der Waals surface area (Å²) in [5.74, 6) is 1.23. The SMILES string of the molecule is CC(C)C1CCC(C(=O)N2CCC([C@@H]3OCCC3C(=O)O)CC2)CC1. The van der Waals surface area contributed by atoms with E-state index in [-0.39, 0.29) is 23.9 Å². The van der Waals surface area contributed by atoms with Crippen LogP contribution in [0.25, 0.3) is 0 Å². The van der Waals surface area contributed by atoms with Gasteiger partial charge in [0.25, 0.3) is 0 Å². The number of likely N-dealkylation sites (tertiary alicyclic amines) is 1. The van der Waals surface area contributed by atoms with Gasteiger partial charge in [0.05, 0.1) is 12.0 Å². The van der Waals surface area contributed by atoms with Gasteiger partial charge in [-0.3, -0.25) is 9.59 Å². The van der Waals surface area contributed by atoms with Crippen LogP contribution in [-0.4, -0.2) is 47.7 Å². The number of amides is 1. The van der Waals surface area contributed by atoms with Crippen molar-refractivity contribution in [2.24, 2.45) is 29.6 Å². The Bertz CT molecular complexity index is 476. The molecule has 0 aromatic carbocycles. The molecule has 0 bridgehead atoms. The number of rotatable bonds is 4. The second kappa shape index (κ2) is 8.07. The van der Waals surface area contributed by atoms with Gasteiger partial charge in [-0.1, -0.05) is 13.8 Å². The quantitative estimate of drug-likeness (QED) is 0.845.